The number of rotatable bonds is 5. The number of nitrogens with two attached hydrogens (primary N) is 1. The Kier molecular flexibility index (Phi) is 4.86. The third-order valence-electron chi connectivity index (χ3n) is 3.30. The molecule has 18 heavy (non-hydrogen) atoms. The number of piperazine rings is 1. The molecule has 6 heteroatoms. The van der Waals surface area contributed by atoms with Crippen LogP contribution >= 0.6 is 0 Å². The van der Waals surface area contributed by atoms with E-state index in [4.69, 9.17) is 10.5 Å². The van der Waals surface area contributed by atoms with Crippen LogP contribution in [0, 0.1) is 0 Å². The Morgan fingerprint density at radius 1 is 1.28 bits per heavy atom. The number of methoxy groups -OCH3 is 1. The van der Waals surface area contributed by atoms with Gasteiger partial charge in [0.1, 0.15) is 0 Å². The first-order chi connectivity index (χ1) is 8.85. The highest BCUT2D eigenvalue weighted by atomic mass is 16.5. The molecule has 0 spiro atoms. The minimum absolute atomic E-state index is 0.314. The number of nitrogens with zero attached hydrogens (tertiary/aromatic N) is 4. The molecule has 2 heterocycles. The third kappa shape index (κ3) is 3.16. The van der Waals surface area contributed by atoms with Crippen LogP contribution < -0.4 is 10.6 Å². The van der Waals surface area contributed by atoms with E-state index in [1.807, 2.05) is 6.07 Å². The van der Waals surface area contributed by atoms with E-state index in [1.165, 1.54) is 0 Å². The molecule has 0 aromatic carbocycles. The van der Waals surface area contributed by atoms with Crippen LogP contribution in [0.25, 0.3) is 0 Å². The number of aromatic nitrogens is 2. The van der Waals surface area contributed by atoms with Crippen LogP contribution in [0.2, 0.25) is 0 Å². The highest BCUT2D eigenvalue weighted by molar-refractivity contribution is 5.29. The van der Waals surface area contributed by atoms with Crippen LogP contribution in [0.3, 0.4) is 0 Å². The minimum Gasteiger partial charge on any atom is -0.383 e. The van der Waals surface area contributed by atoms with Crippen molar-refractivity contribution in [3.8, 4) is 0 Å². The van der Waals surface area contributed by atoms with E-state index in [9.17, 15) is 0 Å². The highest BCUT2D eigenvalue weighted by Crippen LogP contribution is 2.11. The molecule has 0 radical (unpaired) electrons. The molecule has 0 bridgehead atoms. The Bertz CT molecular complexity index is 340. The normalized spacial score (nSPS) is 18.9. The van der Waals surface area contributed by atoms with Crippen LogP contribution in [-0.4, -0.2) is 67.4 Å². The highest BCUT2D eigenvalue weighted by Gasteiger charge is 2.23. The Balaban J connectivity index is 1.88. The maximum absolute atomic E-state index is 5.78. The molecular weight excluding hydrogens is 230 g/mol. The van der Waals surface area contributed by atoms with E-state index in [0.717, 1.165) is 32.1 Å². The fraction of sp³-hybridized carbons (Fsp3) is 0.667. The SMILES string of the molecule is COCC(CN)N1CCN(c2ncccn2)CC1. The van der Waals surface area contributed by atoms with Gasteiger partial charge in [0, 0.05) is 58.3 Å². The molecule has 2 N–H and O–H groups in total. The van der Waals surface area contributed by atoms with E-state index in [2.05, 4.69) is 19.8 Å². The van der Waals surface area contributed by atoms with Crippen molar-refractivity contribution in [1.29, 1.82) is 0 Å². The van der Waals surface area contributed by atoms with Crippen molar-refractivity contribution in [3.63, 3.8) is 0 Å². The second-order valence-corrected chi connectivity index (χ2v) is 4.42. The van der Waals surface area contributed by atoms with Gasteiger partial charge in [-0.05, 0) is 6.07 Å². The van der Waals surface area contributed by atoms with Crippen LogP contribution in [0.1, 0.15) is 0 Å². The molecule has 1 aliphatic rings. The van der Waals surface area contributed by atoms with Crippen molar-refractivity contribution in [1.82, 2.24) is 14.9 Å². The van der Waals surface area contributed by atoms with Gasteiger partial charge in [0.2, 0.25) is 5.95 Å². The summed E-state index contributed by atoms with van der Waals surface area (Å²) in [6.45, 7) is 5.15. The first kappa shape index (κ1) is 13.2. The quantitative estimate of drug-likeness (QED) is 0.766. The Morgan fingerprint density at radius 3 is 2.50 bits per heavy atom. The van der Waals surface area contributed by atoms with Crippen LogP contribution in [-0.2, 0) is 4.74 Å². The molecule has 100 valence electrons. The van der Waals surface area contributed by atoms with E-state index >= 15 is 0 Å². The minimum atomic E-state index is 0.314. The lowest BCUT2D eigenvalue weighted by Crippen LogP contribution is -2.54. The summed E-state index contributed by atoms with van der Waals surface area (Å²) in [4.78, 5) is 13.1. The summed E-state index contributed by atoms with van der Waals surface area (Å²) in [6, 6.07) is 2.15. The molecule has 6 nitrogen and oxygen atoms in total. The summed E-state index contributed by atoms with van der Waals surface area (Å²) in [5.41, 5.74) is 5.78. The van der Waals surface area contributed by atoms with Gasteiger partial charge in [-0.2, -0.15) is 0 Å². The number of ether oxygens (including phenoxy) is 1. The maximum Gasteiger partial charge on any atom is 0.225 e. The summed E-state index contributed by atoms with van der Waals surface area (Å²) in [6.07, 6.45) is 3.56. The standard InChI is InChI=1S/C12H21N5O/c1-18-10-11(9-13)16-5-7-17(8-6-16)12-14-3-2-4-15-12/h2-4,11H,5-10,13H2,1H3. The van der Waals surface area contributed by atoms with Gasteiger partial charge in [-0.1, -0.05) is 0 Å². The summed E-state index contributed by atoms with van der Waals surface area (Å²) in [7, 11) is 1.72. The smallest absolute Gasteiger partial charge is 0.225 e. The summed E-state index contributed by atoms with van der Waals surface area (Å²) < 4.78 is 5.20. The van der Waals surface area contributed by atoms with Crippen molar-refractivity contribution >= 4 is 5.95 Å². The Hall–Kier alpha value is -1.24. The Labute approximate surface area is 108 Å². The average molecular weight is 251 g/mol. The van der Waals surface area contributed by atoms with Gasteiger partial charge in [-0.25, -0.2) is 9.97 Å². The molecule has 1 aromatic heterocycles. The topological polar surface area (TPSA) is 67.5 Å². The predicted octanol–water partition coefficient (Wildman–Crippen LogP) is -0.428. The second-order valence-electron chi connectivity index (χ2n) is 4.42. The number of hydrogen-bond donors (Lipinski definition) is 1. The lowest BCUT2D eigenvalue weighted by atomic mass is 10.2. The predicted molar refractivity (Wildman–Crippen MR) is 70.5 cm³/mol. The van der Waals surface area contributed by atoms with E-state index < -0.39 is 0 Å². The zero-order valence-electron chi connectivity index (χ0n) is 10.8. The summed E-state index contributed by atoms with van der Waals surface area (Å²) in [5.74, 6) is 0.813. The molecule has 1 aromatic rings. The molecule has 0 saturated carbocycles. The summed E-state index contributed by atoms with van der Waals surface area (Å²) >= 11 is 0. The van der Waals surface area contributed by atoms with Gasteiger partial charge in [-0.15, -0.1) is 0 Å². The van der Waals surface area contributed by atoms with Gasteiger partial charge in [0.25, 0.3) is 0 Å². The molecule has 1 atom stereocenters. The zero-order valence-corrected chi connectivity index (χ0v) is 10.8. The van der Waals surface area contributed by atoms with Crippen LogP contribution in [0.4, 0.5) is 5.95 Å². The first-order valence-electron chi connectivity index (χ1n) is 6.30. The van der Waals surface area contributed by atoms with Gasteiger partial charge < -0.3 is 15.4 Å². The van der Waals surface area contributed by atoms with Gasteiger partial charge in [-0.3, -0.25) is 4.90 Å². The second kappa shape index (κ2) is 6.63. The molecule has 0 amide bonds. The molecule has 1 saturated heterocycles. The van der Waals surface area contributed by atoms with E-state index in [-0.39, 0.29) is 0 Å². The van der Waals surface area contributed by atoms with Crippen molar-refractivity contribution in [2.24, 2.45) is 5.73 Å². The van der Waals surface area contributed by atoms with Crippen molar-refractivity contribution in [2.45, 2.75) is 6.04 Å². The Morgan fingerprint density at radius 2 is 1.94 bits per heavy atom. The lowest BCUT2D eigenvalue weighted by Gasteiger charge is -2.38. The molecule has 1 fully saturated rings. The summed E-state index contributed by atoms with van der Waals surface area (Å²) in [5, 5.41) is 0. The third-order valence-corrected chi connectivity index (χ3v) is 3.30. The zero-order chi connectivity index (χ0) is 12.8. The molecule has 0 aliphatic carbocycles. The maximum atomic E-state index is 5.78. The molecule has 1 unspecified atom stereocenters. The van der Waals surface area contributed by atoms with Crippen LogP contribution in [0.15, 0.2) is 18.5 Å². The van der Waals surface area contributed by atoms with Crippen molar-refractivity contribution in [2.75, 3.05) is 51.3 Å². The molecular formula is C12H21N5O. The number of anilines is 1. The van der Waals surface area contributed by atoms with Crippen LogP contribution in [0.5, 0.6) is 0 Å². The molecule has 2 rings (SSSR count). The lowest BCUT2D eigenvalue weighted by molar-refractivity contribution is 0.0898. The van der Waals surface area contributed by atoms with E-state index in [0.29, 0.717) is 19.2 Å². The fourth-order valence-corrected chi connectivity index (χ4v) is 2.26. The van der Waals surface area contributed by atoms with E-state index in [1.54, 1.807) is 19.5 Å². The van der Waals surface area contributed by atoms with Gasteiger partial charge >= 0.3 is 0 Å². The fourth-order valence-electron chi connectivity index (χ4n) is 2.26. The van der Waals surface area contributed by atoms with Gasteiger partial charge in [0.05, 0.1) is 6.61 Å². The average Bonchev–Trinajstić information content (AvgIpc) is 2.46. The van der Waals surface area contributed by atoms with Crippen molar-refractivity contribution < 1.29 is 4.74 Å². The monoisotopic (exact) mass is 251 g/mol. The number of hydrogen-bond acceptors (Lipinski definition) is 6. The largest absolute Gasteiger partial charge is 0.383 e. The molecule has 1 aliphatic heterocycles. The van der Waals surface area contributed by atoms with Crippen molar-refractivity contribution in [3.05, 3.63) is 18.5 Å². The van der Waals surface area contributed by atoms with Gasteiger partial charge in [0.15, 0.2) is 0 Å². The first-order valence-corrected chi connectivity index (χ1v) is 6.30.